The maximum atomic E-state index is 12.2. The number of rotatable bonds is 5. The van der Waals surface area contributed by atoms with Gasteiger partial charge in [0.2, 0.25) is 0 Å². The molecule has 1 atom stereocenters. The zero-order valence-corrected chi connectivity index (χ0v) is 15.9. The van der Waals surface area contributed by atoms with Crippen LogP contribution in [0.5, 0.6) is 0 Å². The van der Waals surface area contributed by atoms with Crippen molar-refractivity contribution in [1.29, 1.82) is 0 Å². The Morgan fingerprint density at radius 2 is 1.92 bits per heavy atom. The lowest BCUT2D eigenvalue weighted by atomic mass is 9.98. The van der Waals surface area contributed by atoms with E-state index in [-0.39, 0.29) is 6.04 Å². The van der Waals surface area contributed by atoms with Gasteiger partial charge in [0.1, 0.15) is 0 Å². The molecule has 1 heterocycles. The van der Waals surface area contributed by atoms with Crippen LogP contribution in [0.25, 0.3) is 0 Å². The molecule has 0 saturated heterocycles. The maximum Gasteiger partial charge on any atom is 0.279 e. The topological polar surface area (TPSA) is 52.7 Å². The van der Waals surface area contributed by atoms with Crippen LogP contribution < -0.4 is 9.62 Å². The molecular weight excluding hydrogens is 358 g/mol. The molecule has 0 spiro atoms. The molecule has 2 aromatic carbocycles. The molecule has 3 rings (SSSR count). The Morgan fingerprint density at radius 1 is 1.20 bits per heavy atom. The monoisotopic (exact) mass is 379 g/mol. The molecule has 0 aliphatic carbocycles. The highest BCUT2D eigenvalue weighted by atomic mass is 35.5. The largest absolute Gasteiger partial charge is 0.365 e. The van der Waals surface area contributed by atoms with E-state index in [4.69, 9.17) is 11.6 Å². The molecule has 1 aliphatic heterocycles. The standard InChI is InChI=1S/C18H22ClN3O2S/c1-21(2)25(23,24)20-17-11-15-10-16(19)8-9-18(15)22(13-17)12-14-6-4-3-5-7-14/h3-10,17,20H,11-13H2,1-2H3. The molecule has 0 aromatic heterocycles. The Bertz CT molecular complexity index is 841. The summed E-state index contributed by atoms with van der Waals surface area (Å²) in [6.45, 7) is 1.33. The maximum absolute atomic E-state index is 12.2. The van der Waals surface area contributed by atoms with E-state index >= 15 is 0 Å². The quantitative estimate of drug-likeness (QED) is 0.868. The van der Waals surface area contributed by atoms with Gasteiger partial charge in [-0.05, 0) is 35.7 Å². The summed E-state index contributed by atoms with van der Waals surface area (Å²) in [5.41, 5.74) is 3.34. The van der Waals surface area contributed by atoms with Gasteiger partial charge in [-0.25, -0.2) is 0 Å². The minimum Gasteiger partial charge on any atom is -0.365 e. The highest BCUT2D eigenvalue weighted by Crippen LogP contribution is 2.31. The number of halogens is 1. The lowest BCUT2D eigenvalue weighted by Crippen LogP contribution is -2.50. The molecule has 1 aliphatic rings. The second-order valence-corrected chi connectivity index (χ2v) is 8.80. The smallest absolute Gasteiger partial charge is 0.279 e. The zero-order chi connectivity index (χ0) is 18.0. The van der Waals surface area contributed by atoms with Crippen molar-refractivity contribution in [3.63, 3.8) is 0 Å². The Hall–Kier alpha value is -1.60. The lowest BCUT2D eigenvalue weighted by Gasteiger charge is -2.37. The van der Waals surface area contributed by atoms with Gasteiger partial charge in [0.25, 0.3) is 10.2 Å². The summed E-state index contributed by atoms with van der Waals surface area (Å²) in [4.78, 5) is 2.20. The molecule has 1 N–H and O–H groups in total. The fraction of sp³-hybridized carbons (Fsp3) is 0.333. The third kappa shape index (κ3) is 4.33. The molecule has 0 amide bonds. The van der Waals surface area contributed by atoms with E-state index in [1.165, 1.54) is 24.0 Å². The van der Waals surface area contributed by atoms with Crippen LogP contribution in [0.15, 0.2) is 48.5 Å². The van der Waals surface area contributed by atoms with Crippen LogP contribution in [-0.4, -0.2) is 39.4 Å². The van der Waals surface area contributed by atoms with Crippen LogP contribution >= 0.6 is 11.6 Å². The van der Waals surface area contributed by atoms with Gasteiger partial charge in [-0.3, -0.25) is 0 Å². The molecular formula is C18H22ClN3O2S. The first-order chi connectivity index (χ1) is 11.8. The van der Waals surface area contributed by atoms with E-state index < -0.39 is 10.2 Å². The van der Waals surface area contributed by atoms with Crippen LogP contribution in [0.3, 0.4) is 0 Å². The summed E-state index contributed by atoms with van der Waals surface area (Å²) < 4.78 is 28.4. The van der Waals surface area contributed by atoms with Crippen molar-refractivity contribution >= 4 is 27.5 Å². The van der Waals surface area contributed by atoms with E-state index in [0.717, 1.165) is 17.8 Å². The zero-order valence-electron chi connectivity index (χ0n) is 14.3. The fourth-order valence-electron chi connectivity index (χ4n) is 3.07. The van der Waals surface area contributed by atoms with Crippen LogP contribution in [0.4, 0.5) is 5.69 Å². The number of hydrogen-bond donors (Lipinski definition) is 1. The molecule has 25 heavy (non-hydrogen) atoms. The van der Waals surface area contributed by atoms with Crippen LogP contribution in [-0.2, 0) is 23.2 Å². The van der Waals surface area contributed by atoms with Crippen molar-refractivity contribution in [3.8, 4) is 0 Å². The first kappa shape index (κ1) is 18.2. The number of hydrogen-bond acceptors (Lipinski definition) is 3. The van der Waals surface area contributed by atoms with Gasteiger partial charge in [-0.2, -0.15) is 17.4 Å². The molecule has 0 bridgehead atoms. The van der Waals surface area contributed by atoms with E-state index in [2.05, 4.69) is 21.8 Å². The first-order valence-corrected chi connectivity index (χ1v) is 9.94. The Balaban J connectivity index is 1.89. The highest BCUT2D eigenvalue weighted by Gasteiger charge is 2.28. The van der Waals surface area contributed by atoms with Gasteiger partial charge in [0.05, 0.1) is 0 Å². The molecule has 0 fully saturated rings. The molecule has 0 radical (unpaired) electrons. The van der Waals surface area contributed by atoms with Crippen LogP contribution in [0, 0.1) is 0 Å². The first-order valence-electron chi connectivity index (χ1n) is 8.12. The van der Waals surface area contributed by atoms with E-state index in [1.807, 2.05) is 36.4 Å². The van der Waals surface area contributed by atoms with Crippen molar-refractivity contribution in [3.05, 3.63) is 64.7 Å². The summed E-state index contributed by atoms with van der Waals surface area (Å²) in [5.74, 6) is 0. The number of nitrogens with one attached hydrogen (secondary N) is 1. The van der Waals surface area contributed by atoms with Gasteiger partial charge >= 0.3 is 0 Å². The molecule has 0 saturated carbocycles. The second-order valence-electron chi connectivity index (χ2n) is 6.45. The van der Waals surface area contributed by atoms with Gasteiger partial charge < -0.3 is 4.90 Å². The minimum atomic E-state index is -3.48. The molecule has 7 heteroatoms. The summed E-state index contributed by atoms with van der Waals surface area (Å²) in [6, 6.07) is 15.8. The fourth-order valence-corrected chi connectivity index (χ4v) is 4.05. The van der Waals surface area contributed by atoms with Gasteiger partial charge in [0, 0.05) is 43.9 Å². The third-order valence-corrected chi connectivity index (χ3v) is 6.13. The summed E-state index contributed by atoms with van der Waals surface area (Å²) in [5, 5.41) is 0.662. The number of nitrogens with zero attached hydrogens (tertiary/aromatic N) is 2. The lowest BCUT2D eigenvalue weighted by molar-refractivity contribution is 0.475. The van der Waals surface area contributed by atoms with Crippen LogP contribution in [0.1, 0.15) is 11.1 Å². The Morgan fingerprint density at radius 3 is 2.60 bits per heavy atom. The average molecular weight is 380 g/mol. The number of anilines is 1. The van der Waals surface area contributed by atoms with E-state index in [1.54, 1.807) is 0 Å². The van der Waals surface area contributed by atoms with Gasteiger partial charge in [-0.1, -0.05) is 41.9 Å². The summed E-state index contributed by atoms with van der Waals surface area (Å²) in [6.07, 6.45) is 0.619. The van der Waals surface area contributed by atoms with Gasteiger partial charge in [-0.15, -0.1) is 0 Å². The summed E-state index contributed by atoms with van der Waals surface area (Å²) >= 11 is 6.15. The predicted molar refractivity (Wildman–Crippen MR) is 102 cm³/mol. The van der Waals surface area contributed by atoms with Crippen molar-refractivity contribution in [2.24, 2.45) is 0 Å². The molecule has 1 unspecified atom stereocenters. The highest BCUT2D eigenvalue weighted by molar-refractivity contribution is 7.87. The molecule has 134 valence electrons. The predicted octanol–water partition coefficient (Wildman–Crippen LogP) is 2.67. The normalized spacial score (nSPS) is 17.6. The van der Waals surface area contributed by atoms with Crippen molar-refractivity contribution in [2.45, 2.75) is 19.0 Å². The SMILES string of the molecule is CN(C)S(=O)(=O)NC1Cc2cc(Cl)ccc2N(Cc2ccccc2)C1. The molecule has 5 nitrogen and oxygen atoms in total. The van der Waals surface area contributed by atoms with Crippen molar-refractivity contribution < 1.29 is 8.42 Å². The Kier molecular flexibility index (Phi) is 5.34. The van der Waals surface area contributed by atoms with Gasteiger partial charge in [0.15, 0.2) is 0 Å². The third-order valence-electron chi connectivity index (χ3n) is 4.30. The second kappa shape index (κ2) is 7.33. The molecule has 2 aromatic rings. The van der Waals surface area contributed by atoms with Crippen LogP contribution in [0.2, 0.25) is 5.02 Å². The average Bonchev–Trinajstić information content (AvgIpc) is 2.54. The minimum absolute atomic E-state index is 0.206. The van der Waals surface area contributed by atoms with Crippen molar-refractivity contribution in [2.75, 3.05) is 25.5 Å². The van der Waals surface area contributed by atoms with Crippen molar-refractivity contribution in [1.82, 2.24) is 9.03 Å². The Labute approximate surface area is 154 Å². The van der Waals surface area contributed by atoms with E-state index in [9.17, 15) is 8.42 Å². The number of fused-ring (bicyclic) bond motifs is 1. The van der Waals surface area contributed by atoms with E-state index in [0.29, 0.717) is 18.0 Å². The number of benzene rings is 2. The summed E-state index contributed by atoms with van der Waals surface area (Å²) in [7, 11) is -0.432.